The molecule has 0 spiro atoms. The molecule has 0 radical (unpaired) electrons. The summed E-state index contributed by atoms with van der Waals surface area (Å²) in [5.41, 5.74) is 0. The standard InChI is InChI=1S/Co.NO3/c;2-1(3)4/q+3;-1. The molecule has 0 rings (SSSR count). The van der Waals surface area contributed by atoms with Gasteiger partial charge in [0.25, 0.3) is 0 Å². The van der Waals surface area contributed by atoms with Gasteiger partial charge in [-0.15, -0.1) is 0 Å². The van der Waals surface area contributed by atoms with E-state index >= 15 is 0 Å². The van der Waals surface area contributed by atoms with E-state index < -0.39 is 5.09 Å². The van der Waals surface area contributed by atoms with Crippen molar-refractivity contribution in [2.45, 2.75) is 0 Å². The Morgan fingerprint density at radius 3 is 1.40 bits per heavy atom. The van der Waals surface area contributed by atoms with Gasteiger partial charge in [-0.3, -0.25) is 0 Å². The molecule has 0 saturated heterocycles. The van der Waals surface area contributed by atoms with Crippen molar-refractivity contribution in [1.29, 1.82) is 0 Å². The topological polar surface area (TPSA) is 66.2 Å². The van der Waals surface area contributed by atoms with Crippen LogP contribution in [-0.4, -0.2) is 5.09 Å². The zero-order valence-corrected chi connectivity index (χ0v) is 3.05. The molecule has 0 amide bonds. The average Bonchev–Trinajstić information content (AvgIpc) is 0.811. The molecular formula is CoNO3+2. The summed E-state index contributed by atoms with van der Waals surface area (Å²) in [6, 6.07) is 0. The molecule has 0 bridgehead atoms. The molecular weight excluding hydrogens is 121 g/mol. The molecule has 0 aromatic rings. The summed E-state index contributed by atoms with van der Waals surface area (Å²) >= 11 is 0. The Morgan fingerprint density at radius 1 is 1.40 bits per heavy atom. The van der Waals surface area contributed by atoms with Crippen LogP contribution >= 0.6 is 0 Å². The van der Waals surface area contributed by atoms with Gasteiger partial charge in [0, 0.05) is 0 Å². The molecule has 0 unspecified atom stereocenters. The number of hydrogen-bond acceptors (Lipinski definition) is 3. The van der Waals surface area contributed by atoms with Crippen LogP contribution in [-0.2, 0) is 16.8 Å². The van der Waals surface area contributed by atoms with Crippen molar-refractivity contribution in [2.75, 3.05) is 0 Å². The maximum Gasteiger partial charge on any atom is 3.00 e. The largest absolute Gasteiger partial charge is 3.00 e. The van der Waals surface area contributed by atoms with Crippen LogP contribution in [0.15, 0.2) is 0 Å². The first-order valence-electron chi connectivity index (χ1n) is 0.548. The van der Waals surface area contributed by atoms with Gasteiger partial charge in [-0.05, 0) is 0 Å². The van der Waals surface area contributed by atoms with Crippen LogP contribution in [0, 0.1) is 15.3 Å². The van der Waals surface area contributed by atoms with Crippen LogP contribution in [0.4, 0.5) is 0 Å². The summed E-state index contributed by atoms with van der Waals surface area (Å²) < 4.78 is 0. The average molecular weight is 121 g/mol. The van der Waals surface area contributed by atoms with Crippen LogP contribution in [0.25, 0.3) is 0 Å². The minimum Gasteiger partial charge on any atom is -0.356 e. The predicted octanol–water partition coefficient (Wildman–Crippen LogP) is -0.242. The first-order valence-corrected chi connectivity index (χ1v) is 0.548. The van der Waals surface area contributed by atoms with E-state index in [-0.39, 0.29) is 16.8 Å². The Morgan fingerprint density at radius 2 is 1.40 bits per heavy atom. The van der Waals surface area contributed by atoms with Gasteiger partial charge in [0.05, 0.1) is 5.09 Å². The zero-order chi connectivity index (χ0) is 3.58. The second kappa shape index (κ2) is 3.71. The fourth-order valence-electron chi connectivity index (χ4n) is 0. The van der Waals surface area contributed by atoms with E-state index in [0.717, 1.165) is 0 Å². The summed E-state index contributed by atoms with van der Waals surface area (Å²) in [6.07, 6.45) is 0. The molecule has 0 fully saturated rings. The van der Waals surface area contributed by atoms with Gasteiger partial charge in [-0.2, -0.15) is 0 Å². The van der Waals surface area contributed by atoms with E-state index in [1.807, 2.05) is 0 Å². The molecule has 30 valence electrons. The SMILES string of the molecule is O=[N+]([O-])[O-].[Co+3]. The molecule has 0 aromatic heterocycles. The molecule has 0 atom stereocenters. The fraction of sp³-hybridized carbons (Fsp3) is 0. The first-order chi connectivity index (χ1) is 1.73. The zero-order valence-electron chi connectivity index (χ0n) is 2.01. The van der Waals surface area contributed by atoms with Crippen LogP contribution in [0.3, 0.4) is 0 Å². The Kier molecular flexibility index (Phi) is 6.54. The maximum atomic E-state index is 8.25. The van der Waals surface area contributed by atoms with Crippen molar-refractivity contribution >= 4 is 0 Å². The van der Waals surface area contributed by atoms with E-state index in [4.69, 9.17) is 15.3 Å². The Balaban J connectivity index is 0. The van der Waals surface area contributed by atoms with Crippen LogP contribution in [0.2, 0.25) is 0 Å². The molecule has 0 aliphatic carbocycles. The Labute approximate surface area is 38.1 Å². The van der Waals surface area contributed by atoms with E-state index in [2.05, 4.69) is 0 Å². The van der Waals surface area contributed by atoms with Gasteiger partial charge < -0.3 is 15.3 Å². The van der Waals surface area contributed by atoms with E-state index in [1.54, 1.807) is 0 Å². The summed E-state index contributed by atoms with van der Waals surface area (Å²) in [5.74, 6) is 0. The van der Waals surface area contributed by atoms with Crippen molar-refractivity contribution in [3.8, 4) is 0 Å². The summed E-state index contributed by atoms with van der Waals surface area (Å²) in [4.78, 5) is 8.25. The molecule has 0 aliphatic heterocycles. The van der Waals surface area contributed by atoms with E-state index in [9.17, 15) is 0 Å². The van der Waals surface area contributed by atoms with Crippen molar-refractivity contribution in [2.24, 2.45) is 0 Å². The van der Waals surface area contributed by atoms with E-state index in [1.165, 1.54) is 0 Å². The quantitative estimate of drug-likeness (QED) is 0.328. The van der Waals surface area contributed by atoms with Gasteiger partial charge in [-0.1, -0.05) is 0 Å². The Hall–Kier alpha value is -0.294. The minimum absolute atomic E-state index is 0. The fourth-order valence-corrected chi connectivity index (χ4v) is 0. The monoisotopic (exact) mass is 121 g/mol. The summed E-state index contributed by atoms with van der Waals surface area (Å²) in [7, 11) is 0. The number of rotatable bonds is 0. The number of nitrogens with zero attached hydrogens (tertiary/aromatic N) is 1. The maximum absolute atomic E-state index is 8.25. The third kappa shape index (κ3) is 125. The molecule has 0 heterocycles. The van der Waals surface area contributed by atoms with Gasteiger partial charge in [0.1, 0.15) is 0 Å². The first kappa shape index (κ1) is 8.83. The summed E-state index contributed by atoms with van der Waals surface area (Å²) in [5, 5.41) is 14.8. The normalized spacial score (nSPS) is 4.80. The van der Waals surface area contributed by atoms with Crippen LogP contribution in [0.1, 0.15) is 0 Å². The van der Waals surface area contributed by atoms with E-state index in [0.29, 0.717) is 0 Å². The van der Waals surface area contributed by atoms with Crippen molar-refractivity contribution in [1.82, 2.24) is 0 Å². The molecule has 5 heteroatoms. The smallest absolute Gasteiger partial charge is 0.356 e. The van der Waals surface area contributed by atoms with Crippen LogP contribution in [0.5, 0.6) is 0 Å². The molecule has 5 heavy (non-hydrogen) atoms. The summed E-state index contributed by atoms with van der Waals surface area (Å²) in [6.45, 7) is 0. The molecule has 0 saturated carbocycles. The van der Waals surface area contributed by atoms with Crippen molar-refractivity contribution in [3.05, 3.63) is 15.3 Å². The number of hydrogen-bond donors (Lipinski definition) is 0. The van der Waals surface area contributed by atoms with Crippen LogP contribution < -0.4 is 0 Å². The van der Waals surface area contributed by atoms with Gasteiger partial charge in [-0.25, -0.2) is 0 Å². The molecule has 0 N–H and O–H groups in total. The second-order valence-electron chi connectivity index (χ2n) is 0.224. The second-order valence-corrected chi connectivity index (χ2v) is 0.224. The third-order valence-corrected chi connectivity index (χ3v) is 0. The van der Waals surface area contributed by atoms with Gasteiger partial charge >= 0.3 is 16.8 Å². The van der Waals surface area contributed by atoms with Crippen molar-refractivity contribution in [3.63, 3.8) is 0 Å². The third-order valence-electron chi connectivity index (χ3n) is 0. The molecule has 4 nitrogen and oxygen atoms in total. The minimum atomic E-state index is -1.75. The Bertz CT molecular complexity index is 29.9. The molecule has 0 aromatic carbocycles. The molecule has 0 aliphatic rings. The van der Waals surface area contributed by atoms with Gasteiger partial charge in [0.2, 0.25) is 0 Å². The van der Waals surface area contributed by atoms with Crippen molar-refractivity contribution < 1.29 is 21.9 Å². The predicted molar refractivity (Wildman–Crippen MR) is 10.4 cm³/mol. The van der Waals surface area contributed by atoms with Gasteiger partial charge in [0.15, 0.2) is 0 Å².